The molecule has 2 heterocycles. The van der Waals surface area contributed by atoms with E-state index >= 15 is 0 Å². The van der Waals surface area contributed by atoms with Gasteiger partial charge in [0.1, 0.15) is 11.4 Å². The summed E-state index contributed by atoms with van der Waals surface area (Å²) < 4.78 is 5.12. The van der Waals surface area contributed by atoms with Crippen molar-refractivity contribution in [3.05, 3.63) is 76.3 Å². The number of amides is 4. The zero-order valence-electron chi connectivity index (χ0n) is 18.4. The van der Waals surface area contributed by atoms with Crippen LogP contribution in [0.4, 0.5) is 9.59 Å². The smallest absolute Gasteiger partial charge is 0.346 e. The molecule has 2 aliphatic rings. The van der Waals surface area contributed by atoms with E-state index in [-0.39, 0.29) is 23.0 Å². The second-order valence-corrected chi connectivity index (χ2v) is 9.07. The van der Waals surface area contributed by atoms with Crippen LogP contribution in [-0.2, 0) is 17.9 Å². The molecule has 1 unspecified atom stereocenters. The Morgan fingerprint density at radius 1 is 1.03 bits per heavy atom. The van der Waals surface area contributed by atoms with Gasteiger partial charge in [-0.2, -0.15) is 0 Å². The molecule has 2 aliphatic heterocycles. The molecule has 0 aliphatic carbocycles. The number of benzene rings is 2. The molecule has 1 atom stereocenters. The first-order valence-electron chi connectivity index (χ1n) is 10.2. The van der Waals surface area contributed by atoms with E-state index in [0.717, 1.165) is 16.2 Å². The predicted octanol–water partition coefficient (Wildman–Crippen LogP) is 2.80. The Kier molecular flexibility index (Phi) is 6.37. The molecule has 0 saturated carbocycles. The van der Waals surface area contributed by atoms with Crippen LogP contribution < -0.4 is 10.1 Å². The number of fused-ring (bicyclic) bond motifs is 1. The fourth-order valence-corrected chi connectivity index (χ4v) is 4.84. The van der Waals surface area contributed by atoms with E-state index in [2.05, 4.69) is 5.32 Å². The molecule has 1 fully saturated rings. The van der Waals surface area contributed by atoms with Gasteiger partial charge in [-0.15, -0.1) is 0 Å². The van der Waals surface area contributed by atoms with Gasteiger partial charge >= 0.3 is 12.0 Å². The number of hydrogen-bond acceptors (Lipinski definition) is 6. The van der Waals surface area contributed by atoms with Crippen molar-refractivity contribution in [3.8, 4) is 5.75 Å². The molecule has 0 spiro atoms. The van der Waals surface area contributed by atoms with Crippen LogP contribution in [0.25, 0.3) is 0 Å². The number of hydrogen-bond donors (Lipinski definition) is 2. The van der Waals surface area contributed by atoms with Crippen molar-refractivity contribution in [2.45, 2.75) is 13.1 Å². The van der Waals surface area contributed by atoms with Crippen LogP contribution in [0.5, 0.6) is 5.75 Å². The van der Waals surface area contributed by atoms with Crippen molar-refractivity contribution in [1.82, 2.24) is 20.2 Å². The molecule has 4 rings (SSSR count). The lowest BCUT2D eigenvalue weighted by molar-refractivity contribution is -0.131. The maximum atomic E-state index is 13.1. The SMILES string of the molecule is COc1ccc(CNC(=O)S2=CN3C(=C2)C(=O)N(Cc2ccc(C(=O)O)cc2)C(=O)N3C)cc1. The molecule has 2 aromatic carbocycles. The maximum Gasteiger partial charge on any atom is 0.346 e. The van der Waals surface area contributed by atoms with Crippen molar-refractivity contribution in [3.63, 3.8) is 0 Å². The number of nitrogens with one attached hydrogen (secondary N) is 1. The molecule has 11 heteroatoms. The standard InChI is InChI=1S/C23H22N4O6S/c1-25-23(32)26(12-16-3-7-17(8-4-16)21(29)30)20(28)19-13-34(14-27(19)25)22(31)24-11-15-5-9-18(33-2)10-6-15/h3-10,13-14H,11-12H2,1-2H3,(H,24,31)(H,29,30). The van der Waals surface area contributed by atoms with E-state index < -0.39 is 28.4 Å². The number of imide groups is 1. The fourth-order valence-electron chi connectivity index (χ4n) is 3.42. The Bertz CT molecular complexity index is 1220. The second-order valence-electron chi connectivity index (χ2n) is 7.51. The molecule has 2 aromatic rings. The van der Waals surface area contributed by atoms with Gasteiger partial charge in [-0.3, -0.25) is 14.5 Å². The predicted molar refractivity (Wildman–Crippen MR) is 126 cm³/mol. The number of aromatic carboxylic acids is 1. The van der Waals surface area contributed by atoms with E-state index in [1.54, 1.807) is 42.3 Å². The van der Waals surface area contributed by atoms with Crippen molar-refractivity contribution in [1.29, 1.82) is 0 Å². The van der Waals surface area contributed by atoms with E-state index in [4.69, 9.17) is 9.84 Å². The zero-order valence-corrected chi connectivity index (χ0v) is 19.2. The first kappa shape index (κ1) is 23.1. The highest BCUT2D eigenvalue weighted by atomic mass is 32.2. The molecule has 4 amide bonds. The summed E-state index contributed by atoms with van der Waals surface area (Å²) >= 11 is 0. The second kappa shape index (κ2) is 9.40. The first-order chi connectivity index (χ1) is 16.3. The van der Waals surface area contributed by atoms with Crippen LogP contribution in [0.1, 0.15) is 21.5 Å². The molecular weight excluding hydrogens is 460 g/mol. The molecule has 34 heavy (non-hydrogen) atoms. The summed E-state index contributed by atoms with van der Waals surface area (Å²) in [7, 11) is 2.05. The molecule has 2 N–H and O–H groups in total. The topological polar surface area (TPSA) is 119 Å². The average molecular weight is 483 g/mol. The minimum atomic E-state index is -1.06. The summed E-state index contributed by atoms with van der Waals surface area (Å²) in [6.07, 6.45) is 0. The lowest BCUT2D eigenvalue weighted by Crippen LogP contribution is -2.57. The van der Waals surface area contributed by atoms with Crippen molar-refractivity contribution >= 4 is 39.1 Å². The van der Waals surface area contributed by atoms with Crippen molar-refractivity contribution < 1.29 is 29.0 Å². The monoisotopic (exact) mass is 482 g/mol. The van der Waals surface area contributed by atoms with Gasteiger partial charge in [0.15, 0.2) is 0 Å². The van der Waals surface area contributed by atoms with Crippen LogP contribution in [0, 0.1) is 0 Å². The number of methoxy groups -OCH3 is 1. The Labute approximate surface area is 197 Å². The lowest BCUT2D eigenvalue weighted by atomic mass is 10.1. The summed E-state index contributed by atoms with van der Waals surface area (Å²) in [4.78, 5) is 50.7. The number of rotatable bonds is 6. The zero-order chi connectivity index (χ0) is 24.4. The molecule has 0 bridgehead atoms. The van der Waals surface area contributed by atoms with Gasteiger partial charge in [-0.05, 0) is 35.4 Å². The summed E-state index contributed by atoms with van der Waals surface area (Å²) in [5.41, 5.74) is 3.37. The average Bonchev–Trinajstić information content (AvgIpc) is 3.30. The van der Waals surface area contributed by atoms with Crippen molar-refractivity contribution in [2.75, 3.05) is 14.2 Å². The molecule has 0 aromatic heterocycles. The number of carbonyl (C=O) groups is 4. The third-order valence-electron chi connectivity index (χ3n) is 5.35. The van der Waals surface area contributed by atoms with E-state index in [1.807, 2.05) is 12.1 Å². The summed E-state index contributed by atoms with van der Waals surface area (Å²) in [6, 6.07) is 12.7. The van der Waals surface area contributed by atoms with Gasteiger partial charge in [-0.25, -0.2) is 19.6 Å². The van der Waals surface area contributed by atoms with Gasteiger partial charge < -0.3 is 15.2 Å². The van der Waals surface area contributed by atoms with Crippen LogP contribution in [-0.4, -0.2) is 62.8 Å². The van der Waals surface area contributed by atoms with Crippen LogP contribution in [0.2, 0.25) is 0 Å². The highest BCUT2D eigenvalue weighted by Crippen LogP contribution is 2.32. The number of nitrogens with zero attached hydrogens (tertiary/aromatic N) is 3. The number of carbonyl (C=O) groups excluding carboxylic acids is 3. The molecular formula is C23H22N4O6S. The van der Waals surface area contributed by atoms with Gasteiger partial charge in [-0.1, -0.05) is 34.7 Å². The summed E-state index contributed by atoms with van der Waals surface area (Å²) in [5.74, 6) is -0.869. The molecule has 0 radical (unpaired) electrons. The quantitative estimate of drug-likeness (QED) is 0.608. The maximum absolute atomic E-state index is 13.1. The minimum absolute atomic E-state index is 0.0233. The number of ether oxygens (including phenoxy) is 1. The first-order valence-corrected chi connectivity index (χ1v) is 11.5. The van der Waals surface area contributed by atoms with E-state index in [1.165, 1.54) is 29.2 Å². The van der Waals surface area contributed by atoms with Gasteiger partial charge in [0, 0.05) is 19.0 Å². The Morgan fingerprint density at radius 3 is 2.29 bits per heavy atom. The highest BCUT2D eigenvalue weighted by Gasteiger charge is 2.41. The Balaban J connectivity index is 1.46. The Hall–Kier alpha value is -4.12. The number of urea groups is 1. The number of carboxylic acid groups (broad SMARTS) is 1. The third kappa shape index (κ3) is 4.50. The van der Waals surface area contributed by atoms with Gasteiger partial charge in [0.05, 0.1) is 24.7 Å². The van der Waals surface area contributed by atoms with Crippen LogP contribution in [0.15, 0.2) is 59.6 Å². The van der Waals surface area contributed by atoms with Crippen LogP contribution >= 0.6 is 10.5 Å². The summed E-state index contributed by atoms with van der Waals surface area (Å²) in [5, 5.41) is 15.8. The highest BCUT2D eigenvalue weighted by molar-refractivity contribution is 8.30. The van der Waals surface area contributed by atoms with Gasteiger partial charge in [0.2, 0.25) is 0 Å². The normalized spacial score (nSPS) is 17.2. The molecule has 176 valence electrons. The number of carboxylic acids is 1. The van der Waals surface area contributed by atoms with Gasteiger partial charge in [0.25, 0.3) is 11.1 Å². The lowest BCUT2D eigenvalue weighted by Gasteiger charge is -2.39. The van der Waals surface area contributed by atoms with E-state index in [0.29, 0.717) is 12.1 Å². The summed E-state index contributed by atoms with van der Waals surface area (Å²) in [6.45, 7) is 0.287. The number of hydrazine groups is 1. The Morgan fingerprint density at radius 2 is 1.68 bits per heavy atom. The van der Waals surface area contributed by atoms with E-state index in [9.17, 15) is 19.2 Å². The van der Waals surface area contributed by atoms with Crippen molar-refractivity contribution in [2.24, 2.45) is 0 Å². The minimum Gasteiger partial charge on any atom is -0.497 e. The molecule has 1 saturated heterocycles. The largest absolute Gasteiger partial charge is 0.497 e. The fraction of sp³-hybridized carbons (Fsp3) is 0.174. The molecule has 10 nitrogen and oxygen atoms in total. The third-order valence-corrected chi connectivity index (χ3v) is 6.82. The van der Waals surface area contributed by atoms with Crippen LogP contribution in [0.3, 0.4) is 0 Å².